The number of methoxy groups -OCH3 is 1. The smallest absolute Gasteiger partial charge is 0.325 e. The summed E-state index contributed by atoms with van der Waals surface area (Å²) >= 11 is 12.9. The first kappa shape index (κ1) is 69.1. The molecule has 2 bridgehead atoms. The van der Waals surface area contributed by atoms with Crippen molar-refractivity contribution in [1.29, 1.82) is 0 Å². The fourth-order valence-electron chi connectivity index (χ4n) is 12.3. The molecule has 0 unspecified atom stereocenters. The van der Waals surface area contributed by atoms with Gasteiger partial charge in [-0.05, 0) is 115 Å². The van der Waals surface area contributed by atoms with Crippen LogP contribution in [0.2, 0.25) is 10.0 Å². The predicted molar refractivity (Wildman–Crippen MR) is 359 cm³/mol. The lowest BCUT2D eigenvalue weighted by atomic mass is 9.74. The van der Waals surface area contributed by atoms with Crippen LogP contribution in [-0.2, 0) is 52.5 Å². The molecule has 9 rings (SSSR count). The molecular weight excluding hydrogens is 1210 g/mol. The molecule has 2 aromatic heterocycles. The van der Waals surface area contributed by atoms with Gasteiger partial charge in [-0.25, -0.2) is 18.9 Å². The first-order valence-corrected chi connectivity index (χ1v) is 32.6. The van der Waals surface area contributed by atoms with E-state index in [9.17, 15) is 14.0 Å². The lowest BCUT2D eigenvalue weighted by molar-refractivity contribution is -0.129. The lowest BCUT2D eigenvalue weighted by Crippen LogP contribution is -2.53. The van der Waals surface area contributed by atoms with Gasteiger partial charge in [-0.2, -0.15) is 5.10 Å². The number of rotatable bonds is 24. The van der Waals surface area contributed by atoms with Gasteiger partial charge in [0.1, 0.15) is 17.4 Å². The van der Waals surface area contributed by atoms with Crippen molar-refractivity contribution < 1.29 is 47.2 Å². The number of hydrogen-bond donors (Lipinski definition) is 2. The summed E-state index contributed by atoms with van der Waals surface area (Å²) in [6.45, 7) is 22.9. The van der Waals surface area contributed by atoms with Crippen molar-refractivity contribution in [3.05, 3.63) is 159 Å². The van der Waals surface area contributed by atoms with Gasteiger partial charge < -0.3 is 54.2 Å². The minimum atomic E-state index is -0.662. The molecular formula is C70H89Cl2FN10O9. The number of amides is 4. The zero-order chi connectivity index (χ0) is 65.5. The fourth-order valence-corrected chi connectivity index (χ4v) is 12.6. The second-order valence-electron chi connectivity index (χ2n) is 24.7. The maximum Gasteiger partial charge on any atom is 0.325 e. The zero-order valence-corrected chi connectivity index (χ0v) is 55.7. The third-order valence-electron chi connectivity index (χ3n) is 17.3. The monoisotopic (exact) mass is 1300 g/mol. The molecule has 0 spiro atoms. The van der Waals surface area contributed by atoms with Crippen LogP contribution >= 0.6 is 23.2 Å². The number of pyridine rings is 1. The van der Waals surface area contributed by atoms with E-state index in [-0.39, 0.29) is 68.4 Å². The van der Waals surface area contributed by atoms with Gasteiger partial charge in [0.2, 0.25) is 17.7 Å². The molecule has 5 aromatic rings. The van der Waals surface area contributed by atoms with Crippen LogP contribution in [0.5, 0.6) is 11.6 Å². The van der Waals surface area contributed by atoms with Crippen LogP contribution in [0, 0.1) is 0 Å². The van der Waals surface area contributed by atoms with E-state index in [4.69, 9.17) is 62.5 Å². The first-order valence-electron chi connectivity index (χ1n) is 31.8. The van der Waals surface area contributed by atoms with E-state index >= 15 is 4.79 Å². The molecule has 0 radical (unpaired) electrons. The van der Waals surface area contributed by atoms with Gasteiger partial charge in [-0.3, -0.25) is 19.4 Å². The van der Waals surface area contributed by atoms with E-state index in [1.165, 1.54) is 23.1 Å². The van der Waals surface area contributed by atoms with Crippen LogP contribution in [0.4, 0.5) is 20.7 Å². The number of carbonyl (C=O) groups excluding carboxylic acids is 3. The van der Waals surface area contributed by atoms with Crippen LogP contribution in [0.1, 0.15) is 94.3 Å². The summed E-state index contributed by atoms with van der Waals surface area (Å²) in [5, 5.41) is 9.08. The molecule has 494 valence electrons. The van der Waals surface area contributed by atoms with Crippen LogP contribution in [0.3, 0.4) is 0 Å². The van der Waals surface area contributed by atoms with Crippen molar-refractivity contribution in [2.75, 3.05) is 130 Å². The Labute approximate surface area is 550 Å². The zero-order valence-electron chi connectivity index (χ0n) is 54.2. The van der Waals surface area contributed by atoms with Gasteiger partial charge in [-0.15, -0.1) is 0 Å². The molecule has 2 fully saturated rings. The Balaban J connectivity index is 0.680. The number of nitrogens with two attached hydrogens (primary N) is 1. The average Bonchev–Trinajstić information content (AvgIpc) is 1.56. The number of benzene rings is 3. The standard InChI is InChI=1S/C70H89Cl2FN10O9/c1-9-92-61-44-52(69(3,4)5)19-24-56(61)60-45-70(6,51-17-22-54(72)23-18-51)65(49-15-20-53(71)21-16-49)83(60)68(86)80-31-29-79(30-32-80)33-35-89-37-39-91-41-40-90-38-36-88-34-25-62(84)75-26-28-82-67(87-8)64-50-43-59(66(74)76-46-50)81-27-11-13-58(81)48(2)42-55(73)12-10-14-63(85)78(7)47-57(64)77-82/h10,12,15-24,42-46,58,65H,2,9,11,13-14,25-41,47H2,1,3-8H3,(H2,74,76)(H,75,84)/b12-10-,55-42+/t58-,65-,70+/m1/s1. The number of fused-ring (bicyclic) bond motifs is 6. The molecule has 3 atom stereocenters. The summed E-state index contributed by atoms with van der Waals surface area (Å²) in [6, 6.07) is 23.3. The normalized spacial score (nSPS) is 20.0. The first-order chi connectivity index (χ1) is 44.3. The summed E-state index contributed by atoms with van der Waals surface area (Å²) in [5.41, 5.74) is 13.6. The number of aromatic nitrogens is 3. The molecule has 4 aliphatic rings. The van der Waals surface area contributed by atoms with Gasteiger partial charge in [0.05, 0.1) is 114 Å². The highest BCUT2D eigenvalue weighted by atomic mass is 35.5. The minimum absolute atomic E-state index is 0.0121. The second-order valence-corrected chi connectivity index (χ2v) is 25.6. The summed E-state index contributed by atoms with van der Waals surface area (Å²) in [4.78, 5) is 55.9. The summed E-state index contributed by atoms with van der Waals surface area (Å²) in [6.07, 6.45) is 9.85. The van der Waals surface area contributed by atoms with E-state index < -0.39 is 17.3 Å². The van der Waals surface area contributed by atoms with Crippen molar-refractivity contribution in [3.63, 3.8) is 0 Å². The average molecular weight is 1300 g/mol. The minimum Gasteiger partial charge on any atom is -0.493 e. The van der Waals surface area contributed by atoms with Gasteiger partial charge >= 0.3 is 6.03 Å². The van der Waals surface area contributed by atoms with Crippen molar-refractivity contribution in [1.82, 2.24) is 39.7 Å². The van der Waals surface area contributed by atoms with E-state index in [0.29, 0.717) is 135 Å². The number of nitrogen functional groups attached to an aromatic ring is 1. The summed E-state index contributed by atoms with van der Waals surface area (Å²) in [5.74, 6) is 0.578. The molecule has 4 amide bonds. The quantitative estimate of drug-likeness (QED) is 0.0555. The third kappa shape index (κ3) is 17.1. The van der Waals surface area contributed by atoms with Crippen LogP contribution in [0.25, 0.3) is 16.8 Å². The largest absolute Gasteiger partial charge is 0.493 e. The maximum atomic E-state index is 15.3. The summed E-state index contributed by atoms with van der Waals surface area (Å²) < 4.78 is 52.1. The Kier molecular flexibility index (Phi) is 24.0. The van der Waals surface area contributed by atoms with Crippen molar-refractivity contribution in [2.45, 2.75) is 96.3 Å². The summed E-state index contributed by atoms with van der Waals surface area (Å²) in [7, 11) is 3.21. The molecule has 0 aliphatic carbocycles. The number of allylic oxidation sites excluding steroid dienone is 2. The molecule has 0 saturated carbocycles. The highest BCUT2D eigenvalue weighted by molar-refractivity contribution is 6.30. The van der Waals surface area contributed by atoms with E-state index in [1.54, 1.807) is 25.0 Å². The van der Waals surface area contributed by atoms with Gasteiger partial charge in [-0.1, -0.05) is 87.0 Å². The number of piperazine rings is 1. The van der Waals surface area contributed by atoms with E-state index in [2.05, 4.69) is 78.6 Å². The lowest BCUT2D eigenvalue weighted by Gasteiger charge is -2.42. The molecule has 3 N–H and O–H groups in total. The van der Waals surface area contributed by atoms with Gasteiger partial charge in [0.15, 0.2) is 0 Å². The number of urea groups is 1. The SMILES string of the molecule is C=C1/C=C(F)\C=C/CC(=O)N(C)Cc2nn(CCNC(=O)CCOCCOCCOCCOCCN3CCN(C(=O)N4C(c5ccc(C(C)(C)C)cc5OCC)=C[C@@](C)(c5ccc(Cl)cc5)[C@H]4c4ccc(Cl)cc4)CC3)c(OC)c2-c2cnc(N)c(c2)N2CCC[C@H]12. The third-order valence-corrected chi connectivity index (χ3v) is 17.8. The number of ether oxygens (including phenoxy) is 6. The Morgan fingerprint density at radius 1 is 0.870 bits per heavy atom. The molecule has 19 nitrogen and oxygen atoms in total. The Morgan fingerprint density at radius 3 is 2.20 bits per heavy atom. The number of carbonyl (C=O) groups is 3. The van der Waals surface area contributed by atoms with Crippen molar-refractivity contribution in [2.24, 2.45) is 0 Å². The molecule has 22 heteroatoms. The topological polar surface area (TPSA) is 192 Å². The number of nitrogens with zero attached hydrogens (tertiary/aromatic N) is 8. The fraction of sp³-hybridized carbons (Fsp3) is 0.471. The van der Waals surface area contributed by atoms with E-state index in [1.807, 2.05) is 71.3 Å². The molecule has 6 heterocycles. The number of nitrogens with one attached hydrogen (secondary N) is 1. The van der Waals surface area contributed by atoms with Crippen molar-refractivity contribution >= 4 is 58.2 Å². The van der Waals surface area contributed by atoms with Crippen LogP contribution < -0.4 is 25.4 Å². The molecule has 2 saturated heterocycles. The Morgan fingerprint density at radius 2 is 1.53 bits per heavy atom. The van der Waals surface area contributed by atoms with Crippen LogP contribution in [-0.4, -0.2) is 178 Å². The van der Waals surface area contributed by atoms with Gasteiger partial charge in [0.25, 0.3) is 0 Å². The second kappa shape index (κ2) is 32.0. The Bertz CT molecular complexity index is 3460. The number of anilines is 2. The number of halogens is 3. The highest BCUT2D eigenvalue weighted by Crippen LogP contribution is 2.54. The molecule has 3 aromatic carbocycles. The van der Waals surface area contributed by atoms with Crippen LogP contribution in [0.15, 0.2) is 121 Å². The van der Waals surface area contributed by atoms with Crippen molar-refractivity contribution in [3.8, 4) is 22.8 Å². The Hall–Kier alpha value is -7.30. The van der Waals surface area contributed by atoms with E-state index in [0.717, 1.165) is 53.1 Å². The number of hydrogen-bond acceptors (Lipinski definition) is 14. The van der Waals surface area contributed by atoms with Gasteiger partial charge in [0, 0.05) is 98.5 Å². The molecule has 92 heavy (non-hydrogen) atoms. The maximum absolute atomic E-state index is 15.3. The predicted octanol–water partition coefficient (Wildman–Crippen LogP) is 11.2. The molecule has 4 aliphatic heterocycles. The highest BCUT2D eigenvalue weighted by Gasteiger charge is 2.50.